The van der Waals surface area contributed by atoms with Gasteiger partial charge in [0.2, 0.25) is 0 Å². The van der Waals surface area contributed by atoms with Gasteiger partial charge in [0, 0.05) is 21.6 Å². The predicted molar refractivity (Wildman–Crippen MR) is 95.9 cm³/mol. The average Bonchev–Trinajstić information content (AvgIpc) is 3.15. The maximum atomic E-state index is 13.2. The van der Waals surface area contributed by atoms with Crippen LogP contribution >= 0.6 is 11.3 Å². The van der Waals surface area contributed by atoms with E-state index in [0.717, 1.165) is 4.88 Å². The van der Waals surface area contributed by atoms with E-state index in [2.05, 4.69) is 0 Å². The Morgan fingerprint density at radius 1 is 0.760 bits per heavy atom. The lowest BCUT2D eigenvalue weighted by atomic mass is 9.79. The topological polar surface area (TPSA) is 74.6 Å². The Morgan fingerprint density at radius 3 is 1.96 bits per heavy atom. The van der Waals surface area contributed by atoms with Crippen molar-refractivity contribution in [3.05, 3.63) is 69.1 Å². The van der Waals surface area contributed by atoms with Crippen LogP contribution in [-0.4, -0.2) is 21.8 Å². The van der Waals surface area contributed by atoms with E-state index in [1.54, 1.807) is 32.0 Å². The summed E-state index contributed by atoms with van der Waals surface area (Å²) in [4.78, 5) is 27.0. The Hall–Kier alpha value is -2.92. The molecule has 0 saturated carbocycles. The second-order valence-electron chi connectivity index (χ2n) is 6.06. The molecule has 1 heterocycles. The lowest BCUT2D eigenvalue weighted by Crippen LogP contribution is -2.23. The van der Waals surface area contributed by atoms with Crippen molar-refractivity contribution < 1.29 is 19.8 Å². The third kappa shape index (κ3) is 1.99. The van der Waals surface area contributed by atoms with Crippen molar-refractivity contribution in [3.63, 3.8) is 0 Å². The van der Waals surface area contributed by atoms with Gasteiger partial charge in [-0.3, -0.25) is 9.59 Å². The van der Waals surface area contributed by atoms with Gasteiger partial charge in [0.1, 0.15) is 11.5 Å². The second-order valence-corrected chi connectivity index (χ2v) is 7.01. The first kappa shape index (κ1) is 15.6. The van der Waals surface area contributed by atoms with E-state index in [9.17, 15) is 19.8 Å². The number of ketones is 2. The highest BCUT2D eigenvalue weighted by atomic mass is 32.1. The van der Waals surface area contributed by atoms with Crippen LogP contribution in [0, 0.1) is 13.8 Å². The molecule has 1 aliphatic carbocycles. The van der Waals surface area contributed by atoms with E-state index in [1.807, 2.05) is 17.5 Å². The maximum Gasteiger partial charge on any atom is 0.199 e. The van der Waals surface area contributed by atoms with Crippen LogP contribution in [0.1, 0.15) is 43.0 Å². The summed E-state index contributed by atoms with van der Waals surface area (Å²) in [6.07, 6.45) is 0. The lowest BCUT2D eigenvalue weighted by Gasteiger charge is -2.23. The van der Waals surface area contributed by atoms with Crippen molar-refractivity contribution in [2.75, 3.05) is 0 Å². The second kappa shape index (κ2) is 5.29. The van der Waals surface area contributed by atoms with E-state index in [0.29, 0.717) is 16.7 Å². The fourth-order valence-electron chi connectivity index (χ4n) is 3.29. The highest BCUT2D eigenvalue weighted by Crippen LogP contribution is 2.44. The van der Waals surface area contributed by atoms with E-state index < -0.39 is 11.6 Å². The van der Waals surface area contributed by atoms with Crippen molar-refractivity contribution in [3.8, 4) is 21.9 Å². The molecule has 0 atom stereocenters. The summed E-state index contributed by atoms with van der Waals surface area (Å²) >= 11 is 1.47. The van der Waals surface area contributed by atoms with Crippen LogP contribution in [0.4, 0.5) is 0 Å². The summed E-state index contributed by atoms with van der Waals surface area (Å²) in [5, 5.41) is 22.8. The molecule has 1 aliphatic rings. The third-order valence-corrected chi connectivity index (χ3v) is 5.68. The van der Waals surface area contributed by atoms with Gasteiger partial charge in [0.15, 0.2) is 11.6 Å². The lowest BCUT2D eigenvalue weighted by molar-refractivity contribution is 0.0974. The molecule has 0 fully saturated rings. The smallest absolute Gasteiger partial charge is 0.199 e. The molecule has 3 aromatic rings. The number of thiophene rings is 1. The van der Waals surface area contributed by atoms with Gasteiger partial charge in [0.25, 0.3) is 0 Å². The summed E-state index contributed by atoms with van der Waals surface area (Å²) < 4.78 is 0. The van der Waals surface area contributed by atoms with Gasteiger partial charge < -0.3 is 10.2 Å². The predicted octanol–water partition coefficient (Wildman–Crippen LogP) is 4.22. The molecule has 5 heteroatoms. The number of rotatable bonds is 1. The molecule has 124 valence electrons. The molecule has 0 saturated heterocycles. The van der Waals surface area contributed by atoms with Crippen LogP contribution < -0.4 is 0 Å². The van der Waals surface area contributed by atoms with Gasteiger partial charge in [-0.15, -0.1) is 11.3 Å². The Balaban J connectivity index is 2.09. The Bertz CT molecular complexity index is 1060. The molecular weight excluding hydrogens is 336 g/mol. The van der Waals surface area contributed by atoms with E-state index in [4.69, 9.17) is 0 Å². The number of aromatic hydroxyl groups is 2. The highest BCUT2D eigenvalue weighted by Gasteiger charge is 2.37. The number of hydrogen-bond donors (Lipinski definition) is 2. The standard InChI is InChI=1S/C20H14O4S/c1-9-10(2)18(22)16-15(17(9)21)19(23)12-6-3-5-11(14(12)20(16)24)13-7-4-8-25-13/h3-8,21-22H,1-2H3. The molecule has 0 bridgehead atoms. The molecule has 4 rings (SSSR count). The first-order valence-electron chi connectivity index (χ1n) is 7.74. The van der Waals surface area contributed by atoms with Gasteiger partial charge >= 0.3 is 0 Å². The number of hydrogen-bond acceptors (Lipinski definition) is 5. The normalized spacial score (nSPS) is 12.9. The molecule has 2 N–H and O–H groups in total. The Labute approximate surface area is 148 Å². The number of phenols is 2. The zero-order valence-electron chi connectivity index (χ0n) is 13.6. The van der Waals surface area contributed by atoms with Crippen LogP contribution in [0.2, 0.25) is 0 Å². The SMILES string of the molecule is Cc1c(C)c(O)c2c(c1O)C(=O)c1cccc(-c3cccs3)c1C2=O. The van der Waals surface area contributed by atoms with Crippen LogP contribution in [0.5, 0.6) is 11.5 Å². The minimum Gasteiger partial charge on any atom is -0.507 e. The van der Waals surface area contributed by atoms with Crippen molar-refractivity contribution in [1.29, 1.82) is 0 Å². The molecule has 0 amide bonds. The number of carbonyl (C=O) groups is 2. The first-order chi connectivity index (χ1) is 11.9. The van der Waals surface area contributed by atoms with Gasteiger partial charge in [0.05, 0.1) is 11.1 Å². The minimum absolute atomic E-state index is 0.109. The summed E-state index contributed by atoms with van der Waals surface area (Å²) in [5.41, 5.74) is 1.77. The van der Waals surface area contributed by atoms with Crippen LogP contribution in [0.3, 0.4) is 0 Å². The minimum atomic E-state index is -0.445. The number of fused-ring (bicyclic) bond motifs is 2. The van der Waals surface area contributed by atoms with Crippen LogP contribution in [-0.2, 0) is 0 Å². The summed E-state index contributed by atoms with van der Waals surface area (Å²) in [6.45, 7) is 3.23. The fourth-order valence-corrected chi connectivity index (χ4v) is 4.05. The monoisotopic (exact) mass is 350 g/mol. The Kier molecular flexibility index (Phi) is 3.30. The fraction of sp³-hybridized carbons (Fsp3) is 0.100. The zero-order chi connectivity index (χ0) is 17.9. The third-order valence-electron chi connectivity index (χ3n) is 4.77. The van der Waals surface area contributed by atoms with Gasteiger partial charge in [-0.25, -0.2) is 0 Å². The molecule has 0 radical (unpaired) electrons. The van der Waals surface area contributed by atoms with Gasteiger partial charge in [-0.2, -0.15) is 0 Å². The molecule has 0 spiro atoms. The quantitative estimate of drug-likeness (QED) is 0.504. The molecular formula is C20H14O4S. The summed E-state index contributed by atoms with van der Waals surface area (Å²) in [7, 11) is 0. The van der Waals surface area contributed by atoms with E-state index in [-0.39, 0.29) is 33.8 Å². The number of benzene rings is 2. The number of phenolic OH excluding ortho intramolecular Hbond substituents is 2. The number of carbonyl (C=O) groups excluding carboxylic acids is 2. The first-order valence-corrected chi connectivity index (χ1v) is 8.62. The van der Waals surface area contributed by atoms with Gasteiger partial charge in [-0.05, 0) is 36.4 Å². The van der Waals surface area contributed by atoms with Crippen molar-refractivity contribution in [2.24, 2.45) is 0 Å². The average molecular weight is 350 g/mol. The van der Waals surface area contributed by atoms with Crippen LogP contribution in [0.15, 0.2) is 35.7 Å². The molecule has 0 aliphatic heterocycles. The largest absolute Gasteiger partial charge is 0.507 e. The summed E-state index contributed by atoms with van der Waals surface area (Å²) in [6, 6.07) is 8.85. The van der Waals surface area contributed by atoms with Crippen molar-refractivity contribution in [1.82, 2.24) is 0 Å². The Morgan fingerprint density at radius 2 is 1.36 bits per heavy atom. The molecule has 4 nitrogen and oxygen atoms in total. The van der Waals surface area contributed by atoms with Gasteiger partial charge in [-0.1, -0.05) is 24.3 Å². The van der Waals surface area contributed by atoms with Crippen molar-refractivity contribution in [2.45, 2.75) is 13.8 Å². The highest BCUT2D eigenvalue weighted by molar-refractivity contribution is 7.13. The molecule has 25 heavy (non-hydrogen) atoms. The molecule has 2 aromatic carbocycles. The zero-order valence-corrected chi connectivity index (χ0v) is 14.4. The molecule has 1 aromatic heterocycles. The van der Waals surface area contributed by atoms with E-state index in [1.165, 1.54) is 11.3 Å². The maximum absolute atomic E-state index is 13.2. The summed E-state index contributed by atoms with van der Waals surface area (Å²) in [5.74, 6) is -1.37. The van der Waals surface area contributed by atoms with Crippen LogP contribution in [0.25, 0.3) is 10.4 Å². The van der Waals surface area contributed by atoms with Crippen molar-refractivity contribution >= 4 is 22.9 Å². The van der Waals surface area contributed by atoms with E-state index >= 15 is 0 Å². The molecule has 0 unspecified atom stereocenters.